The molecule has 0 saturated carbocycles. The van der Waals surface area contributed by atoms with E-state index < -0.39 is 0 Å². The van der Waals surface area contributed by atoms with Crippen LogP contribution in [0, 0.1) is 0 Å². The van der Waals surface area contributed by atoms with E-state index >= 15 is 0 Å². The summed E-state index contributed by atoms with van der Waals surface area (Å²) < 4.78 is 20.8. The van der Waals surface area contributed by atoms with Crippen molar-refractivity contribution >= 4 is 0 Å². The second-order valence-corrected chi connectivity index (χ2v) is 3.15. The minimum atomic E-state index is 0.304. The minimum Gasteiger partial charge on any atom is -0.454 e. The molecule has 1 aromatic carbocycles. The smallest absolute Gasteiger partial charge is 0.231 e. The number of rotatable bonds is 5. The van der Waals surface area contributed by atoms with Gasteiger partial charge in [0, 0.05) is 6.61 Å². The second kappa shape index (κ2) is 5.00. The van der Waals surface area contributed by atoms with Crippen LogP contribution in [0.15, 0.2) is 18.2 Å². The van der Waals surface area contributed by atoms with E-state index in [1.807, 2.05) is 25.1 Å². The van der Waals surface area contributed by atoms with Crippen LogP contribution in [0.25, 0.3) is 0 Å². The molecule has 82 valence electrons. The third kappa shape index (κ3) is 2.61. The van der Waals surface area contributed by atoms with Gasteiger partial charge < -0.3 is 18.9 Å². The van der Waals surface area contributed by atoms with E-state index in [1.54, 1.807) is 0 Å². The van der Waals surface area contributed by atoms with E-state index in [-0.39, 0.29) is 0 Å². The summed E-state index contributed by atoms with van der Waals surface area (Å²) in [4.78, 5) is 0. The Bertz CT molecular complexity index is 324. The highest BCUT2D eigenvalue weighted by atomic mass is 16.7. The molecule has 0 aliphatic carbocycles. The fourth-order valence-electron chi connectivity index (χ4n) is 1.33. The number of hydrogen-bond acceptors (Lipinski definition) is 4. The Balaban J connectivity index is 1.87. The molecular formula is C11H14O4. The maximum Gasteiger partial charge on any atom is 0.231 e. The monoisotopic (exact) mass is 210 g/mol. The predicted molar refractivity (Wildman–Crippen MR) is 53.8 cm³/mol. The van der Waals surface area contributed by atoms with Crippen LogP contribution >= 0.6 is 0 Å². The molecule has 1 aliphatic rings. The van der Waals surface area contributed by atoms with Gasteiger partial charge in [-0.1, -0.05) is 6.07 Å². The average Bonchev–Trinajstić information content (AvgIpc) is 2.71. The lowest BCUT2D eigenvalue weighted by Gasteiger charge is -2.04. The normalized spacial score (nSPS) is 13.1. The van der Waals surface area contributed by atoms with Gasteiger partial charge in [0.05, 0.1) is 6.61 Å². The maximum absolute atomic E-state index is 5.30. The van der Waals surface area contributed by atoms with Crippen molar-refractivity contribution in [2.24, 2.45) is 0 Å². The van der Waals surface area contributed by atoms with Crippen LogP contribution in [0.1, 0.15) is 12.5 Å². The van der Waals surface area contributed by atoms with E-state index in [2.05, 4.69) is 0 Å². The lowest BCUT2D eigenvalue weighted by Crippen LogP contribution is -1.99. The fraction of sp³-hybridized carbons (Fsp3) is 0.455. The Hall–Kier alpha value is -1.26. The van der Waals surface area contributed by atoms with Crippen LogP contribution in [-0.2, 0) is 16.1 Å². The van der Waals surface area contributed by atoms with E-state index in [9.17, 15) is 0 Å². The molecule has 0 N–H and O–H groups in total. The van der Waals surface area contributed by atoms with Crippen molar-refractivity contribution < 1.29 is 18.9 Å². The molecule has 0 bridgehead atoms. The lowest BCUT2D eigenvalue weighted by atomic mass is 10.2. The average molecular weight is 210 g/mol. The van der Waals surface area contributed by atoms with Crippen molar-refractivity contribution in [2.75, 3.05) is 20.2 Å². The van der Waals surface area contributed by atoms with Gasteiger partial charge in [-0.05, 0) is 24.6 Å². The molecule has 0 unspecified atom stereocenters. The van der Waals surface area contributed by atoms with Gasteiger partial charge in [0.25, 0.3) is 0 Å². The zero-order valence-corrected chi connectivity index (χ0v) is 8.69. The highest BCUT2D eigenvalue weighted by Gasteiger charge is 2.12. The number of hydrogen-bond donors (Lipinski definition) is 0. The third-order valence-electron chi connectivity index (χ3n) is 2.08. The van der Waals surface area contributed by atoms with Crippen LogP contribution in [0.3, 0.4) is 0 Å². The molecule has 1 heterocycles. The minimum absolute atomic E-state index is 0.304. The standard InChI is InChI=1S/C11H14O4/c1-2-12-7-13-6-9-3-4-10-11(5-9)15-8-14-10/h3-5H,2,6-8H2,1H3. The van der Waals surface area contributed by atoms with Crippen molar-refractivity contribution in [3.8, 4) is 11.5 Å². The fourth-order valence-corrected chi connectivity index (χ4v) is 1.33. The molecule has 2 rings (SSSR count). The van der Waals surface area contributed by atoms with Crippen LogP contribution in [-0.4, -0.2) is 20.2 Å². The summed E-state index contributed by atoms with van der Waals surface area (Å²) in [6, 6.07) is 5.77. The first-order valence-electron chi connectivity index (χ1n) is 4.94. The molecule has 0 radical (unpaired) electrons. The molecule has 0 aromatic heterocycles. The summed E-state index contributed by atoms with van der Waals surface area (Å²) in [7, 11) is 0. The molecule has 1 aliphatic heterocycles. The molecule has 0 atom stereocenters. The van der Waals surface area contributed by atoms with Gasteiger partial charge >= 0.3 is 0 Å². The van der Waals surface area contributed by atoms with Gasteiger partial charge in [-0.25, -0.2) is 0 Å². The van der Waals surface area contributed by atoms with Gasteiger partial charge in [-0.3, -0.25) is 0 Å². The number of benzene rings is 1. The molecule has 4 nitrogen and oxygen atoms in total. The highest BCUT2D eigenvalue weighted by molar-refractivity contribution is 5.44. The molecule has 0 saturated heterocycles. The predicted octanol–water partition coefficient (Wildman–Crippen LogP) is 1.93. The molecule has 0 fully saturated rings. The molecule has 4 heteroatoms. The summed E-state index contributed by atoms with van der Waals surface area (Å²) in [5, 5.41) is 0. The first kappa shape index (κ1) is 10.3. The Morgan fingerprint density at radius 2 is 2.07 bits per heavy atom. The summed E-state index contributed by atoms with van der Waals surface area (Å²) >= 11 is 0. The maximum atomic E-state index is 5.30. The second-order valence-electron chi connectivity index (χ2n) is 3.15. The van der Waals surface area contributed by atoms with Crippen LogP contribution in [0.5, 0.6) is 11.5 Å². The summed E-state index contributed by atoms with van der Waals surface area (Å²) in [6.07, 6.45) is 0. The molecule has 0 spiro atoms. The van der Waals surface area contributed by atoms with Crippen LogP contribution in [0.4, 0.5) is 0 Å². The third-order valence-corrected chi connectivity index (χ3v) is 2.08. The van der Waals surface area contributed by atoms with Crippen molar-refractivity contribution in [3.63, 3.8) is 0 Å². The molecular weight excluding hydrogens is 196 g/mol. The largest absolute Gasteiger partial charge is 0.454 e. The first-order chi connectivity index (χ1) is 7.40. The van der Waals surface area contributed by atoms with E-state index in [0.717, 1.165) is 17.1 Å². The van der Waals surface area contributed by atoms with Crippen molar-refractivity contribution in [1.29, 1.82) is 0 Å². The van der Waals surface area contributed by atoms with Gasteiger partial charge in [-0.15, -0.1) is 0 Å². The summed E-state index contributed by atoms with van der Waals surface area (Å²) in [5.41, 5.74) is 1.05. The SMILES string of the molecule is CCOCOCc1ccc2c(c1)OCO2. The van der Waals surface area contributed by atoms with Crippen molar-refractivity contribution in [1.82, 2.24) is 0 Å². The van der Waals surface area contributed by atoms with Crippen molar-refractivity contribution in [3.05, 3.63) is 23.8 Å². The Morgan fingerprint density at radius 3 is 2.93 bits per heavy atom. The first-order valence-corrected chi connectivity index (χ1v) is 4.94. The number of ether oxygens (including phenoxy) is 4. The summed E-state index contributed by atoms with van der Waals surface area (Å²) in [5.74, 6) is 1.58. The van der Waals surface area contributed by atoms with Gasteiger partial charge in [0.1, 0.15) is 6.79 Å². The van der Waals surface area contributed by atoms with E-state index in [1.165, 1.54) is 0 Å². The quantitative estimate of drug-likeness (QED) is 0.549. The van der Waals surface area contributed by atoms with E-state index in [0.29, 0.717) is 26.8 Å². The highest BCUT2D eigenvalue weighted by Crippen LogP contribution is 2.32. The van der Waals surface area contributed by atoms with Gasteiger partial charge in [0.2, 0.25) is 6.79 Å². The zero-order chi connectivity index (χ0) is 10.5. The zero-order valence-electron chi connectivity index (χ0n) is 8.69. The van der Waals surface area contributed by atoms with Crippen LogP contribution in [0.2, 0.25) is 0 Å². The van der Waals surface area contributed by atoms with E-state index in [4.69, 9.17) is 18.9 Å². The molecule has 1 aromatic rings. The lowest BCUT2D eigenvalue weighted by molar-refractivity contribution is -0.0571. The molecule has 0 amide bonds. The topological polar surface area (TPSA) is 36.9 Å². The summed E-state index contributed by atoms with van der Waals surface area (Å²) in [6.45, 7) is 3.76. The molecule has 15 heavy (non-hydrogen) atoms. The Kier molecular flexibility index (Phi) is 3.42. The van der Waals surface area contributed by atoms with Gasteiger partial charge in [0.15, 0.2) is 11.5 Å². The van der Waals surface area contributed by atoms with Crippen LogP contribution < -0.4 is 9.47 Å². The Morgan fingerprint density at radius 1 is 1.20 bits per heavy atom. The Labute approximate surface area is 88.7 Å². The van der Waals surface area contributed by atoms with Crippen molar-refractivity contribution in [2.45, 2.75) is 13.5 Å². The van der Waals surface area contributed by atoms with Gasteiger partial charge in [-0.2, -0.15) is 0 Å². The number of fused-ring (bicyclic) bond motifs is 1.